The van der Waals surface area contributed by atoms with E-state index in [1.54, 1.807) is 6.92 Å². The zero-order valence-corrected chi connectivity index (χ0v) is 9.73. The molecule has 1 aliphatic rings. The van der Waals surface area contributed by atoms with E-state index in [0.717, 1.165) is 5.69 Å². The molecule has 0 amide bonds. The molecule has 1 aromatic heterocycles. The summed E-state index contributed by atoms with van der Waals surface area (Å²) in [4.78, 5) is 3.11. The molecule has 2 aromatic rings. The maximum absolute atomic E-state index is 13.2. The van der Waals surface area contributed by atoms with Crippen LogP contribution in [-0.4, -0.2) is 13.4 Å². The van der Waals surface area contributed by atoms with Gasteiger partial charge in [-0.2, -0.15) is 0 Å². The molecular formula is C11H9FN2O2S. The SMILES string of the molecule is Cc1cc2c([nH]1)-c1cc(F)ccc1NS2(=O)=O. The second kappa shape index (κ2) is 3.10. The fraction of sp³-hybridized carbons (Fsp3) is 0.0909. The number of benzene rings is 1. The van der Waals surface area contributed by atoms with Crippen molar-refractivity contribution < 1.29 is 12.8 Å². The Morgan fingerprint density at radius 3 is 2.76 bits per heavy atom. The molecule has 1 aromatic carbocycles. The molecule has 4 nitrogen and oxygen atoms in total. The average molecular weight is 252 g/mol. The predicted octanol–water partition coefficient (Wildman–Crippen LogP) is 2.24. The summed E-state index contributed by atoms with van der Waals surface area (Å²) in [7, 11) is -3.55. The largest absolute Gasteiger partial charge is 0.357 e. The topological polar surface area (TPSA) is 62.0 Å². The highest BCUT2D eigenvalue weighted by atomic mass is 32.2. The van der Waals surface area contributed by atoms with Crippen LogP contribution < -0.4 is 4.72 Å². The normalized spacial score (nSPS) is 15.9. The highest BCUT2D eigenvalue weighted by Gasteiger charge is 2.29. The first-order valence-electron chi connectivity index (χ1n) is 5.00. The van der Waals surface area contributed by atoms with E-state index >= 15 is 0 Å². The van der Waals surface area contributed by atoms with Crippen LogP contribution in [0.5, 0.6) is 0 Å². The number of sulfonamides is 1. The molecule has 0 atom stereocenters. The Morgan fingerprint density at radius 2 is 2.00 bits per heavy atom. The standard InChI is InChI=1S/C11H9FN2O2S/c1-6-4-10-11(13-6)8-5-7(12)2-3-9(8)14-17(10,15)16/h2-5,13-14H,1H3. The van der Waals surface area contributed by atoms with Crippen molar-refractivity contribution in [1.82, 2.24) is 4.98 Å². The molecule has 0 saturated heterocycles. The lowest BCUT2D eigenvalue weighted by molar-refractivity contribution is 0.600. The smallest absolute Gasteiger partial charge is 0.264 e. The molecule has 2 N–H and O–H groups in total. The van der Waals surface area contributed by atoms with E-state index in [1.165, 1.54) is 24.3 Å². The molecule has 3 rings (SSSR count). The minimum Gasteiger partial charge on any atom is -0.357 e. The number of rotatable bonds is 0. The van der Waals surface area contributed by atoms with E-state index in [0.29, 0.717) is 16.9 Å². The summed E-state index contributed by atoms with van der Waals surface area (Å²) in [5, 5.41) is 0. The Bertz CT molecular complexity index is 719. The number of aromatic nitrogens is 1. The van der Waals surface area contributed by atoms with E-state index < -0.39 is 15.8 Å². The minimum absolute atomic E-state index is 0.160. The van der Waals surface area contributed by atoms with Gasteiger partial charge in [0.1, 0.15) is 10.7 Å². The summed E-state index contributed by atoms with van der Waals surface area (Å²) >= 11 is 0. The number of anilines is 1. The van der Waals surface area contributed by atoms with Gasteiger partial charge in [-0.25, -0.2) is 12.8 Å². The molecule has 0 unspecified atom stereocenters. The molecule has 0 bridgehead atoms. The van der Waals surface area contributed by atoms with Crippen molar-refractivity contribution in [2.24, 2.45) is 0 Å². The van der Waals surface area contributed by atoms with E-state index in [1.807, 2.05) is 0 Å². The Hall–Kier alpha value is -1.82. The molecular weight excluding hydrogens is 243 g/mol. The van der Waals surface area contributed by atoms with Gasteiger partial charge in [0.25, 0.3) is 10.0 Å². The molecule has 2 heterocycles. The highest BCUT2D eigenvalue weighted by molar-refractivity contribution is 7.93. The number of H-pyrrole nitrogens is 1. The lowest BCUT2D eigenvalue weighted by Gasteiger charge is -2.18. The number of halogens is 1. The molecule has 88 valence electrons. The molecule has 0 aliphatic carbocycles. The summed E-state index contributed by atoms with van der Waals surface area (Å²) in [6, 6.07) is 5.49. The molecule has 0 fully saturated rings. The Kier molecular flexibility index (Phi) is 1.89. The zero-order valence-electron chi connectivity index (χ0n) is 8.91. The first-order chi connectivity index (χ1) is 7.97. The van der Waals surface area contributed by atoms with E-state index in [4.69, 9.17) is 0 Å². The maximum Gasteiger partial charge on any atom is 0.264 e. The fourth-order valence-electron chi connectivity index (χ4n) is 1.99. The Balaban J connectivity index is 2.40. The number of hydrogen-bond acceptors (Lipinski definition) is 2. The zero-order chi connectivity index (χ0) is 12.2. The van der Waals surface area contributed by atoms with Crippen LogP contribution in [0.2, 0.25) is 0 Å². The van der Waals surface area contributed by atoms with Gasteiger partial charge in [0, 0.05) is 11.3 Å². The van der Waals surface area contributed by atoms with Gasteiger partial charge in [0.15, 0.2) is 0 Å². The van der Waals surface area contributed by atoms with E-state index in [9.17, 15) is 12.8 Å². The van der Waals surface area contributed by atoms with Gasteiger partial charge < -0.3 is 4.98 Å². The van der Waals surface area contributed by atoms with Gasteiger partial charge in [0.2, 0.25) is 0 Å². The number of fused-ring (bicyclic) bond motifs is 3. The van der Waals surface area contributed by atoms with Gasteiger partial charge in [-0.1, -0.05) is 0 Å². The molecule has 0 radical (unpaired) electrons. The van der Waals surface area contributed by atoms with Crippen molar-refractivity contribution in [3.8, 4) is 11.3 Å². The van der Waals surface area contributed by atoms with E-state index in [2.05, 4.69) is 9.71 Å². The Morgan fingerprint density at radius 1 is 1.24 bits per heavy atom. The fourth-order valence-corrected chi connectivity index (χ4v) is 3.33. The number of hydrogen-bond donors (Lipinski definition) is 2. The van der Waals surface area contributed by atoms with Crippen molar-refractivity contribution in [2.45, 2.75) is 11.8 Å². The van der Waals surface area contributed by atoms with Gasteiger partial charge in [-0.3, -0.25) is 4.72 Å². The molecule has 17 heavy (non-hydrogen) atoms. The van der Waals surface area contributed by atoms with Gasteiger partial charge in [0.05, 0.1) is 11.4 Å². The summed E-state index contributed by atoms with van der Waals surface area (Å²) in [5.74, 6) is -0.400. The third kappa shape index (κ3) is 1.44. The second-order valence-corrected chi connectivity index (χ2v) is 5.64. The third-order valence-electron chi connectivity index (χ3n) is 2.70. The number of aryl methyl sites for hydroxylation is 1. The average Bonchev–Trinajstić information content (AvgIpc) is 2.63. The summed E-state index contributed by atoms with van der Waals surface area (Å²) < 4.78 is 39.4. The Labute approximate surface area is 97.5 Å². The lowest BCUT2D eigenvalue weighted by Crippen LogP contribution is -2.17. The van der Waals surface area contributed by atoms with Crippen LogP contribution >= 0.6 is 0 Å². The number of aromatic amines is 1. The quantitative estimate of drug-likeness (QED) is 0.755. The first kappa shape index (κ1) is 10.3. The molecule has 0 saturated carbocycles. The molecule has 1 aliphatic heterocycles. The van der Waals surface area contributed by atoms with Crippen LogP contribution in [0.25, 0.3) is 11.3 Å². The van der Waals surface area contributed by atoms with Crippen LogP contribution in [0.3, 0.4) is 0 Å². The van der Waals surface area contributed by atoms with Crippen molar-refractivity contribution in [3.63, 3.8) is 0 Å². The van der Waals surface area contributed by atoms with E-state index in [-0.39, 0.29) is 4.90 Å². The van der Waals surface area contributed by atoms with Crippen molar-refractivity contribution in [1.29, 1.82) is 0 Å². The van der Waals surface area contributed by atoms with Crippen LogP contribution in [0, 0.1) is 12.7 Å². The first-order valence-corrected chi connectivity index (χ1v) is 6.48. The third-order valence-corrected chi connectivity index (χ3v) is 4.09. The van der Waals surface area contributed by atoms with Crippen molar-refractivity contribution in [2.75, 3.05) is 4.72 Å². The summed E-state index contributed by atoms with van der Waals surface area (Å²) in [6.45, 7) is 1.76. The van der Waals surface area contributed by atoms with Gasteiger partial charge in [-0.05, 0) is 31.2 Å². The van der Waals surface area contributed by atoms with Crippen LogP contribution in [-0.2, 0) is 10.0 Å². The van der Waals surface area contributed by atoms with Crippen LogP contribution in [0.4, 0.5) is 10.1 Å². The lowest BCUT2D eigenvalue weighted by atomic mass is 10.1. The highest BCUT2D eigenvalue weighted by Crippen LogP contribution is 2.39. The maximum atomic E-state index is 13.2. The number of nitrogens with one attached hydrogen (secondary N) is 2. The van der Waals surface area contributed by atoms with Crippen LogP contribution in [0.1, 0.15) is 5.69 Å². The summed E-state index contributed by atoms with van der Waals surface area (Å²) in [6.07, 6.45) is 0. The summed E-state index contributed by atoms with van der Waals surface area (Å²) in [5.41, 5.74) is 2.08. The molecule has 6 heteroatoms. The predicted molar refractivity (Wildman–Crippen MR) is 61.7 cm³/mol. The minimum atomic E-state index is -3.55. The van der Waals surface area contributed by atoms with Crippen molar-refractivity contribution >= 4 is 15.7 Å². The molecule has 0 spiro atoms. The van der Waals surface area contributed by atoms with Gasteiger partial charge >= 0.3 is 0 Å². The van der Waals surface area contributed by atoms with Crippen molar-refractivity contribution in [3.05, 3.63) is 35.8 Å². The monoisotopic (exact) mass is 252 g/mol. The second-order valence-electron chi connectivity index (χ2n) is 3.99. The van der Waals surface area contributed by atoms with Gasteiger partial charge in [-0.15, -0.1) is 0 Å². The van der Waals surface area contributed by atoms with Crippen LogP contribution in [0.15, 0.2) is 29.2 Å².